The van der Waals surface area contributed by atoms with Crippen LogP contribution in [-0.2, 0) is 0 Å². The summed E-state index contributed by atoms with van der Waals surface area (Å²) in [4.78, 5) is 12.0. The highest BCUT2D eigenvalue weighted by atomic mass is 32.1. The summed E-state index contributed by atoms with van der Waals surface area (Å²) in [6, 6.07) is 0. The van der Waals surface area contributed by atoms with E-state index in [0.717, 1.165) is 30.9 Å². The van der Waals surface area contributed by atoms with Crippen LogP contribution in [0.4, 0.5) is 0 Å². The van der Waals surface area contributed by atoms with Crippen LogP contribution in [0.3, 0.4) is 0 Å². The van der Waals surface area contributed by atoms with Gasteiger partial charge < -0.3 is 5.32 Å². The molecule has 1 heterocycles. The topological polar surface area (TPSA) is 54.9 Å². The summed E-state index contributed by atoms with van der Waals surface area (Å²) in [5.41, 5.74) is 0.707. The van der Waals surface area contributed by atoms with Crippen molar-refractivity contribution >= 4 is 17.4 Å². The van der Waals surface area contributed by atoms with Crippen LogP contribution in [0.2, 0.25) is 0 Å². The van der Waals surface area contributed by atoms with E-state index in [9.17, 15) is 4.79 Å². The minimum atomic E-state index is -0.0547. The highest BCUT2D eigenvalue weighted by molar-refractivity contribution is 7.07. The molecule has 0 aliphatic carbocycles. The van der Waals surface area contributed by atoms with Gasteiger partial charge in [0.25, 0.3) is 5.91 Å². The van der Waals surface area contributed by atoms with Gasteiger partial charge in [-0.1, -0.05) is 17.8 Å². The van der Waals surface area contributed by atoms with Gasteiger partial charge in [-0.05, 0) is 24.9 Å². The number of nitrogens with zero attached hydrogens (tertiary/aromatic N) is 2. The second-order valence-corrected chi connectivity index (χ2v) is 3.55. The van der Waals surface area contributed by atoms with Gasteiger partial charge in [0.15, 0.2) is 0 Å². The Hall–Kier alpha value is -0.970. The van der Waals surface area contributed by atoms with Crippen LogP contribution >= 0.6 is 11.5 Å². The summed E-state index contributed by atoms with van der Waals surface area (Å²) in [6.45, 7) is 4.61. The van der Waals surface area contributed by atoms with Gasteiger partial charge in [-0.2, -0.15) is 0 Å². The minimum Gasteiger partial charge on any atom is -0.351 e. The lowest BCUT2D eigenvalue weighted by atomic mass is 10.3. The number of hydrogen-bond acceptors (Lipinski definition) is 4. The van der Waals surface area contributed by atoms with Gasteiger partial charge in [0.2, 0.25) is 0 Å². The zero-order chi connectivity index (χ0) is 9.68. The molecule has 1 N–H and O–H groups in total. The van der Waals surface area contributed by atoms with E-state index in [2.05, 4.69) is 21.8 Å². The zero-order valence-corrected chi connectivity index (χ0v) is 8.65. The molecule has 0 bridgehead atoms. The van der Waals surface area contributed by atoms with Crippen molar-refractivity contribution in [2.24, 2.45) is 0 Å². The van der Waals surface area contributed by atoms with E-state index in [1.165, 1.54) is 0 Å². The highest BCUT2D eigenvalue weighted by Gasteiger charge is 2.11. The third-order valence-electron chi connectivity index (χ3n) is 1.67. The molecule has 72 valence electrons. The lowest BCUT2D eigenvalue weighted by Crippen LogP contribution is -2.24. The Labute approximate surface area is 81.5 Å². The van der Waals surface area contributed by atoms with Crippen LogP contribution in [0.5, 0.6) is 0 Å². The molecule has 0 spiro atoms. The Morgan fingerprint density at radius 3 is 2.92 bits per heavy atom. The van der Waals surface area contributed by atoms with Crippen molar-refractivity contribution in [3.05, 3.63) is 10.6 Å². The summed E-state index contributed by atoms with van der Waals surface area (Å²) in [7, 11) is 0. The van der Waals surface area contributed by atoms with Gasteiger partial charge in [0.1, 0.15) is 4.88 Å². The van der Waals surface area contributed by atoms with Crippen molar-refractivity contribution < 1.29 is 4.79 Å². The van der Waals surface area contributed by atoms with Crippen LogP contribution < -0.4 is 5.32 Å². The zero-order valence-electron chi connectivity index (χ0n) is 7.83. The first-order valence-electron chi connectivity index (χ1n) is 4.33. The number of carbonyl (C=O) groups excluding carboxylic acids is 1. The van der Waals surface area contributed by atoms with E-state index in [1.54, 1.807) is 6.92 Å². The number of carbonyl (C=O) groups is 1. The van der Waals surface area contributed by atoms with Crippen LogP contribution in [0, 0.1) is 6.92 Å². The number of aromatic nitrogens is 2. The second-order valence-electron chi connectivity index (χ2n) is 2.80. The molecule has 0 aromatic carbocycles. The number of nitrogens with one attached hydrogen (secondary N) is 1. The molecule has 0 saturated carbocycles. The fourth-order valence-corrected chi connectivity index (χ4v) is 1.47. The molecule has 5 heteroatoms. The monoisotopic (exact) mass is 199 g/mol. The summed E-state index contributed by atoms with van der Waals surface area (Å²) in [5, 5.41) is 6.59. The van der Waals surface area contributed by atoms with Gasteiger partial charge in [0, 0.05) is 6.54 Å². The van der Waals surface area contributed by atoms with Crippen LogP contribution in [0.25, 0.3) is 0 Å². The predicted molar refractivity (Wildman–Crippen MR) is 51.9 cm³/mol. The van der Waals surface area contributed by atoms with Crippen LogP contribution in [0.15, 0.2) is 0 Å². The lowest BCUT2D eigenvalue weighted by Gasteiger charge is -2.00. The van der Waals surface area contributed by atoms with E-state index in [1.807, 2.05) is 0 Å². The fraction of sp³-hybridized carbons (Fsp3) is 0.625. The van der Waals surface area contributed by atoms with Gasteiger partial charge >= 0.3 is 0 Å². The molecule has 0 fully saturated rings. The van der Waals surface area contributed by atoms with Gasteiger partial charge in [-0.25, -0.2) is 0 Å². The first kappa shape index (κ1) is 10.1. The van der Waals surface area contributed by atoms with Gasteiger partial charge in [0.05, 0.1) is 5.69 Å². The Balaban J connectivity index is 2.45. The van der Waals surface area contributed by atoms with Gasteiger partial charge in [-0.15, -0.1) is 5.10 Å². The van der Waals surface area contributed by atoms with Crippen LogP contribution in [0.1, 0.15) is 35.1 Å². The maximum absolute atomic E-state index is 11.4. The quantitative estimate of drug-likeness (QED) is 0.745. The van der Waals surface area contributed by atoms with E-state index in [4.69, 9.17) is 0 Å². The number of hydrogen-bond donors (Lipinski definition) is 1. The Morgan fingerprint density at radius 2 is 2.38 bits per heavy atom. The summed E-state index contributed by atoms with van der Waals surface area (Å²) in [6.07, 6.45) is 2.09. The van der Waals surface area contributed by atoms with Crippen LogP contribution in [-0.4, -0.2) is 22.0 Å². The molecule has 1 aromatic rings. The number of aryl methyl sites for hydroxylation is 1. The van der Waals surface area contributed by atoms with Gasteiger partial charge in [-0.3, -0.25) is 4.79 Å². The van der Waals surface area contributed by atoms with E-state index in [0.29, 0.717) is 10.6 Å². The van der Waals surface area contributed by atoms with E-state index in [-0.39, 0.29) is 5.91 Å². The normalized spacial score (nSPS) is 10.0. The summed E-state index contributed by atoms with van der Waals surface area (Å²) in [5.74, 6) is -0.0547. The van der Waals surface area contributed by atoms with Crippen molar-refractivity contribution in [1.82, 2.24) is 14.9 Å². The molecule has 0 radical (unpaired) electrons. The average Bonchev–Trinajstić information content (AvgIpc) is 2.52. The first-order valence-corrected chi connectivity index (χ1v) is 5.10. The maximum atomic E-state index is 11.4. The molecule has 1 amide bonds. The first-order chi connectivity index (χ1) is 6.25. The van der Waals surface area contributed by atoms with Crippen molar-refractivity contribution in [2.45, 2.75) is 26.7 Å². The molecular weight excluding hydrogens is 186 g/mol. The van der Waals surface area contributed by atoms with E-state index >= 15 is 0 Å². The Morgan fingerprint density at radius 1 is 1.62 bits per heavy atom. The molecule has 4 nitrogen and oxygen atoms in total. The van der Waals surface area contributed by atoms with Crippen molar-refractivity contribution in [3.63, 3.8) is 0 Å². The Kier molecular flexibility index (Phi) is 3.82. The average molecular weight is 199 g/mol. The maximum Gasteiger partial charge on any atom is 0.264 e. The van der Waals surface area contributed by atoms with Crippen molar-refractivity contribution in [3.8, 4) is 0 Å². The number of rotatable bonds is 4. The molecule has 0 atom stereocenters. The smallest absolute Gasteiger partial charge is 0.264 e. The molecule has 1 aromatic heterocycles. The predicted octanol–water partition coefficient (Wildman–Crippen LogP) is 1.38. The number of unbranched alkanes of at least 4 members (excludes halogenated alkanes) is 1. The third-order valence-corrected chi connectivity index (χ3v) is 2.50. The molecular formula is C8H13N3OS. The minimum absolute atomic E-state index is 0.0547. The molecule has 0 unspecified atom stereocenters. The standard InChI is InChI=1S/C8H13N3OS/c1-3-4-5-9-8(12)7-6(2)10-11-13-7/h3-5H2,1-2H3,(H,9,12). The Bertz CT molecular complexity index is 285. The fourth-order valence-electron chi connectivity index (χ4n) is 0.899. The largest absolute Gasteiger partial charge is 0.351 e. The third kappa shape index (κ3) is 2.77. The molecule has 0 aliphatic rings. The summed E-state index contributed by atoms with van der Waals surface area (Å²) >= 11 is 1.14. The van der Waals surface area contributed by atoms with Crippen molar-refractivity contribution in [1.29, 1.82) is 0 Å². The SMILES string of the molecule is CCCCNC(=O)c1snnc1C. The number of amides is 1. The van der Waals surface area contributed by atoms with E-state index < -0.39 is 0 Å². The molecule has 1 rings (SSSR count). The molecule has 0 saturated heterocycles. The second kappa shape index (κ2) is 4.91. The summed E-state index contributed by atoms with van der Waals surface area (Å²) < 4.78 is 3.70. The lowest BCUT2D eigenvalue weighted by molar-refractivity contribution is 0.0956. The molecule has 0 aliphatic heterocycles. The highest BCUT2D eigenvalue weighted by Crippen LogP contribution is 2.08. The molecule has 13 heavy (non-hydrogen) atoms. The van der Waals surface area contributed by atoms with Crippen molar-refractivity contribution in [2.75, 3.05) is 6.54 Å².